The molecule has 3 atom stereocenters. The quantitative estimate of drug-likeness (QED) is 0.637. The molecule has 1 aromatic carbocycles. The molecule has 8 nitrogen and oxygen atoms in total. The fourth-order valence-corrected chi connectivity index (χ4v) is 5.61. The Labute approximate surface area is 209 Å². The first-order valence-electron chi connectivity index (χ1n) is 11.9. The molecule has 35 heavy (non-hydrogen) atoms. The van der Waals surface area contributed by atoms with E-state index in [2.05, 4.69) is 5.32 Å². The number of carbonyl (C=O) groups is 4. The minimum Gasteiger partial charge on any atom is -0.378 e. The zero-order chi connectivity index (χ0) is 25.3. The van der Waals surface area contributed by atoms with Gasteiger partial charge in [-0.15, -0.1) is 11.3 Å². The lowest BCUT2D eigenvalue weighted by Gasteiger charge is -2.29. The summed E-state index contributed by atoms with van der Waals surface area (Å²) in [5, 5.41) is 4.74. The number of nitrogens with one attached hydrogen (secondary N) is 1. The van der Waals surface area contributed by atoms with Crippen LogP contribution in [-0.4, -0.2) is 78.6 Å². The Morgan fingerprint density at radius 3 is 2.43 bits per heavy atom. The molecule has 0 aliphatic carbocycles. The number of thiophene rings is 1. The summed E-state index contributed by atoms with van der Waals surface area (Å²) >= 11 is 1.35. The van der Waals surface area contributed by atoms with Crippen LogP contribution in [0.2, 0.25) is 0 Å². The van der Waals surface area contributed by atoms with E-state index >= 15 is 0 Å². The van der Waals surface area contributed by atoms with Crippen molar-refractivity contribution in [1.82, 2.24) is 15.1 Å². The Bertz CT molecular complexity index is 1100. The average molecular weight is 497 g/mol. The summed E-state index contributed by atoms with van der Waals surface area (Å²) in [6.07, 6.45) is 1.01. The van der Waals surface area contributed by atoms with Crippen LogP contribution in [0.3, 0.4) is 0 Å². The summed E-state index contributed by atoms with van der Waals surface area (Å²) in [7, 11) is 3.85. The van der Waals surface area contributed by atoms with Crippen molar-refractivity contribution in [2.24, 2.45) is 5.92 Å². The Balaban J connectivity index is 1.49. The van der Waals surface area contributed by atoms with E-state index < -0.39 is 12.1 Å². The van der Waals surface area contributed by atoms with E-state index in [4.69, 9.17) is 0 Å². The van der Waals surface area contributed by atoms with Gasteiger partial charge in [0.05, 0.1) is 17.5 Å². The highest BCUT2D eigenvalue weighted by atomic mass is 32.1. The monoisotopic (exact) mass is 496 g/mol. The number of likely N-dealkylation sites (tertiary alicyclic amines) is 2. The highest BCUT2D eigenvalue weighted by Crippen LogP contribution is 2.32. The van der Waals surface area contributed by atoms with Gasteiger partial charge in [0, 0.05) is 31.9 Å². The summed E-state index contributed by atoms with van der Waals surface area (Å²) in [6.45, 7) is 4.38. The first-order chi connectivity index (χ1) is 16.7. The molecule has 186 valence electrons. The smallest absolute Gasteiger partial charge is 0.264 e. The molecule has 1 N–H and O–H groups in total. The van der Waals surface area contributed by atoms with E-state index in [1.807, 2.05) is 56.4 Å². The van der Waals surface area contributed by atoms with Crippen LogP contribution in [0.1, 0.15) is 46.7 Å². The van der Waals surface area contributed by atoms with Crippen molar-refractivity contribution >= 4 is 40.5 Å². The number of fused-ring (bicyclic) bond motifs is 1. The predicted molar refractivity (Wildman–Crippen MR) is 136 cm³/mol. The lowest BCUT2D eigenvalue weighted by molar-refractivity contribution is -0.138. The molecule has 2 aliphatic heterocycles. The number of hydrogen-bond acceptors (Lipinski definition) is 6. The van der Waals surface area contributed by atoms with E-state index in [-0.39, 0.29) is 42.0 Å². The van der Waals surface area contributed by atoms with Gasteiger partial charge in [-0.3, -0.25) is 19.2 Å². The molecule has 9 heteroatoms. The Hall–Kier alpha value is -3.20. The molecule has 0 bridgehead atoms. The first kappa shape index (κ1) is 24.9. The predicted octanol–water partition coefficient (Wildman–Crippen LogP) is 2.65. The van der Waals surface area contributed by atoms with Crippen LogP contribution in [0.5, 0.6) is 0 Å². The molecular weight excluding hydrogens is 464 g/mol. The second kappa shape index (κ2) is 10.2. The molecule has 0 spiro atoms. The van der Waals surface area contributed by atoms with Crippen LogP contribution in [0.4, 0.5) is 5.69 Å². The first-order valence-corrected chi connectivity index (χ1v) is 12.8. The Morgan fingerprint density at radius 2 is 1.83 bits per heavy atom. The lowest BCUT2D eigenvalue weighted by Crippen LogP contribution is -2.53. The summed E-state index contributed by atoms with van der Waals surface area (Å²) in [4.78, 5) is 58.2. The maximum absolute atomic E-state index is 13.6. The van der Waals surface area contributed by atoms with Crippen molar-refractivity contribution in [3.63, 3.8) is 0 Å². The molecule has 2 aliphatic rings. The van der Waals surface area contributed by atoms with Crippen LogP contribution in [0.25, 0.3) is 0 Å². The third-order valence-electron chi connectivity index (χ3n) is 6.65. The van der Waals surface area contributed by atoms with Crippen molar-refractivity contribution in [1.29, 1.82) is 0 Å². The summed E-state index contributed by atoms with van der Waals surface area (Å²) < 4.78 is 0. The van der Waals surface area contributed by atoms with E-state index in [1.165, 1.54) is 11.3 Å². The van der Waals surface area contributed by atoms with Crippen LogP contribution in [-0.2, 0) is 9.59 Å². The summed E-state index contributed by atoms with van der Waals surface area (Å²) in [6, 6.07) is 9.03. The van der Waals surface area contributed by atoms with E-state index in [0.29, 0.717) is 29.8 Å². The van der Waals surface area contributed by atoms with Gasteiger partial charge in [-0.05, 0) is 54.5 Å². The molecule has 2 saturated heterocycles. The average Bonchev–Trinajstić information content (AvgIpc) is 3.56. The third-order valence-corrected chi connectivity index (χ3v) is 7.51. The SMILES string of the molecule is CC(C)C[C@H](NC(=O)c1ccc(N(C)C)cc1)C(=O)N1CC[C@@H]2[C@H]1C(=O)CN2C(=O)c1cccs1. The van der Waals surface area contributed by atoms with Crippen LogP contribution in [0, 0.1) is 5.92 Å². The van der Waals surface area contributed by atoms with Crippen LogP contribution >= 0.6 is 11.3 Å². The highest BCUT2D eigenvalue weighted by molar-refractivity contribution is 7.12. The Kier molecular flexibility index (Phi) is 7.25. The van der Waals surface area contributed by atoms with Crippen molar-refractivity contribution in [3.05, 3.63) is 52.2 Å². The van der Waals surface area contributed by atoms with Gasteiger partial charge in [0.25, 0.3) is 11.8 Å². The van der Waals surface area contributed by atoms with Gasteiger partial charge in [-0.25, -0.2) is 0 Å². The van der Waals surface area contributed by atoms with Gasteiger partial charge in [-0.2, -0.15) is 0 Å². The second-order valence-corrected chi connectivity index (χ2v) is 10.8. The largest absolute Gasteiger partial charge is 0.378 e. The number of ketones is 1. The topological polar surface area (TPSA) is 90.0 Å². The van der Waals surface area contributed by atoms with Gasteiger partial charge in [0.1, 0.15) is 12.1 Å². The maximum atomic E-state index is 13.6. The van der Waals surface area contributed by atoms with Gasteiger partial charge in [0.15, 0.2) is 5.78 Å². The molecule has 2 aromatic rings. The molecule has 2 fully saturated rings. The molecule has 3 amide bonds. The molecular formula is C26H32N4O4S. The van der Waals surface area contributed by atoms with Crippen LogP contribution in [0.15, 0.2) is 41.8 Å². The van der Waals surface area contributed by atoms with Crippen molar-refractivity contribution in [2.75, 3.05) is 32.1 Å². The molecule has 0 saturated carbocycles. The van der Waals surface area contributed by atoms with Crippen molar-refractivity contribution in [3.8, 4) is 0 Å². The van der Waals surface area contributed by atoms with E-state index in [1.54, 1.807) is 28.0 Å². The number of anilines is 1. The normalized spacial score (nSPS) is 20.2. The minimum absolute atomic E-state index is 0.00920. The van der Waals surface area contributed by atoms with Gasteiger partial charge >= 0.3 is 0 Å². The van der Waals surface area contributed by atoms with E-state index in [0.717, 1.165) is 5.69 Å². The number of hydrogen-bond donors (Lipinski definition) is 1. The van der Waals surface area contributed by atoms with Gasteiger partial charge < -0.3 is 20.0 Å². The maximum Gasteiger partial charge on any atom is 0.264 e. The fourth-order valence-electron chi connectivity index (χ4n) is 4.93. The molecule has 1 aromatic heterocycles. The standard InChI is InChI=1S/C26H32N4O4S/c1-16(2)14-19(27-24(32)17-7-9-18(10-8-17)28(3)4)25(33)29-12-11-20-23(29)21(31)15-30(20)26(34)22-6-5-13-35-22/h5-10,13,16,19-20,23H,11-12,14-15H2,1-4H3,(H,27,32)/t19-,20+,23-/m0/s1. The van der Waals surface area contributed by atoms with Gasteiger partial charge in [-0.1, -0.05) is 19.9 Å². The number of amides is 3. The molecule has 3 heterocycles. The zero-order valence-corrected chi connectivity index (χ0v) is 21.4. The second-order valence-electron chi connectivity index (χ2n) is 9.81. The van der Waals surface area contributed by atoms with Crippen LogP contribution < -0.4 is 10.2 Å². The van der Waals surface area contributed by atoms with Gasteiger partial charge in [0.2, 0.25) is 5.91 Å². The van der Waals surface area contributed by atoms with E-state index in [9.17, 15) is 19.2 Å². The highest BCUT2D eigenvalue weighted by Gasteiger charge is 2.52. The number of rotatable bonds is 7. The Morgan fingerprint density at radius 1 is 1.11 bits per heavy atom. The third kappa shape index (κ3) is 5.10. The molecule has 0 radical (unpaired) electrons. The molecule has 4 rings (SSSR count). The fraction of sp³-hybridized carbons (Fsp3) is 0.462. The summed E-state index contributed by atoms with van der Waals surface area (Å²) in [5.74, 6) is -0.710. The molecule has 0 unspecified atom stereocenters. The number of Topliss-reactive ketones (excluding diaryl/α,β-unsaturated/α-hetero) is 1. The minimum atomic E-state index is -0.746. The number of benzene rings is 1. The zero-order valence-electron chi connectivity index (χ0n) is 20.6. The van der Waals surface area contributed by atoms with Crippen molar-refractivity contribution < 1.29 is 19.2 Å². The number of carbonyl (C=O) groups excluding carboxylic acids is 4. The van der Waals surface area contributed by atoms with Crippen molar-refractivity contribution in [2.45, 2.75) is 44.8 Å². The summed E-state index contributed by atoms with van der Waals surface area (Å²) in [5.41, 5.74) is 1.45. The lowest BCUT2D eigenvalue weighted by atomic mass is 10.0. The number of nitrogens with zero attached hydrogens (tertiary/aromatic N) is 3.